The second kappa shape index (κ2) is 3.98. The van der Waals surface area contributed by atoms with Crippen molar-refractivity contribution in [2.24, 2.45) is 0 Å². The van der Waals surface area contributed by atoms with Crippen LogP contribution in [0.1, 0.15) is 0 Å². The molecule has 0 radical (unpaired) electrons. The van der Waals surface area contributed by atoms with E-state index >= 15 is 0 Å². The van der Waals surface area contributed by atoms with Gasteiger partial charge in [0.1, 0.15) is 0 Å². The molecule has 0 bridgehead atoms. The first kappa shape index (κ1) is 9.97. The average molecular weight is 223 g/mol. The highest BCUT2D eigenvalue weighted by molar-refractivity contribution is 5.77. The van der Waals surface area contributed by atoms with Gasteiger partial charge in [0, 0.05) is 6.54 Å². The van der Waals surface area contributed by atoms with Crippen molar-refractivity contribution >= 4 is 11.4 Å². The second-order valence-electron chi connectivity index (χ2n) is 3.94. The summed E-state index contributed by atoms with van der Waals surface area (Å²) in [5, 5.41) is 0. The van der Waals surface area contributed by atoms with E-state index in [4.69, 9.17) is 4.74 Å². The normalized spacial score (nSPS) is 12.4. The molecule has 0 unspecified atom stereocenters. The maximum absolute atomic E-state index is 5.88. The SMILES string of the molecule is C=CCN1c2ccccc2Oc2ccccc21. The molecule has 2 aromatic rings. The number of hydrogen-bond donors (Lipinski definition) is 0. The lowest BCUT2D eigenvalue weighted by Gasteiger charge is -2.31. The minimum Gasteiger partial charge on any atom is -0.453 e. The van der Waals surface area contributed by atoms with Crippen LogP contribution in [0.15, 0.2) is 61.2 Å². The summed E-state index contributed by atoms with van der Waals surface area (Å²) < 4.78 is 5.88. The molecule has 0 atom stereocenters. The van der Waals surface area contributed by atoms with Gasteiger partial charge in [0.15, 0.2) is 11.5 Å². The molecule has 1 heterocycles. The minimum absolute atomic E-state index is 0.775. The summed E-state index contributed by atoms with van der Waals surface area (Å²) in [6.45, 7) is 4.59. The van der Waals surface area contributed by atoms with Gasteiger partial charge in [-0.25, -0.2) is 0 Å². The standard InChI is InChI=1S/C15H13NO/c1-2-11-16-12-7-3-5-9-14(12)17-15-10-6-4-8-13(15)16/h2-10H,1,11H2. The molecule has 0 amide bonds. The molecule has 3 rings (SSSR count). The third-order valence-corrected chi connectivity index (χ3v) is 2.84. The number of ether oxygens (including phenoxy) is 1. The van der Waals surface area contributed by atoms with E-state index in [1.54, 1.807) is 0 Å². The number of anilines is 2. The molecule has 0 spiro atoms. The molecule has 2 nitrogen and oxygen atoms in total. The molecule has 1 aliphatic heterocycles. The molecule has 0 fully saturated rings. The van der Waals surface area contributed by atoms with Crippen LogP contribution in [0.5, 0.6) is 11.5 Å². The van der Waals surface area contributed by atoms with E-state index in [0.29, 0.717) is 0 Å². The largest absolute Gasteiger partial charge is 0.453 e. The molecule has 0 aromatic heterocycles. The number of hydrogen-bond acceptors (Lipinski definition) is 2. The third-order valence-electron chi connectivity index (χ3n) is 2.84. The lowest BCUT2D eigenvalue weighted by molar-refractivity contribution is 0.474. The molecule has 2 aromatic carbocycles. The van der Waals surface area contributed by atoms with Crippen molar-refractivity contribution in [3.63, 3.8) is 0 Å². The zero-order chi connectivity index (χ0) is 11.7. The minimum atomic E-state index is 0.775. The molecule has 0 saturated carbocycles. The summed E-state index contributed by atoms with van der Waals surface area (Å²) in [5.74, 6) is 1.79. The van der Waals surface area contributed by atoms with E-state index in [-0.39, 0.29) is 0 Å². The van der Waals surface area contributed by atoms with Crippen LogP contribution in [0.3, 0.4) is 0 Å². The summed E-state index contributed by atoms with van der Waals surface area (Å²) in [5.41, 5.74) is 2.18. The lowest BCUT2D eigenvalue weighted by Crippen LogP contribution is -2.20. The Labute approximate surface area is 101 Å². The number of nitrogens with zero attached hydrogens (tertiary/aromatic N) is 1. The van der Waals surface area contributed by atoms with Crippen molar-refractivity contribution in [3.8, 4) is 11.5 Å². The number of fused-ring (bicyclic) bond motifs is 2. The lowest BCUT2D eigenvalue weighted by atomic mass is 10.1. The van der Waals surface area contributed by atoms with Crippen molar-refractivity contribution in [2.75, 3.05) is 11.4 Å². The van der Waals surface area contributed by atoms with Crippen LogP contribution in [-0.2, 0) is 0 Å². The Morgan fingerprint density at radius 2 is 1.47 bits per heavy atom. The number of benzene rings is 2. The Morgan fingerprint density at radius 3 is 2.00 bits per heavy atom. The fraction of sp³-hybridized carbons (Fsp3) is 0.0667. The third kappa shape index (κ3) is 1.58. The Bertz CT molecular complexity index is 517. The van der Waals surface area contributed by atoms with Gasteiger partial charge in [-0.1, -0.05) is 30.3 Å². The molecule has 0 saturated heterocycles. The summed E-state index contributed by atoms with van der Waals surface area (Å²) in [4.78, 5) is 2.21. The maximum Gasteiger partial charge on any atom is 0.151 e. The van der Waals surface area contributed by atoms with Crippen molar-refractivity contribution in [1.82, 2.24) is 0 Å². The highest BCUT2D eigenvalue weighted by atomic mass is 16.5. The Morgan fingerprint density at radius 1 is 0.941 bits per heavy atom. The van der Waals surface area contributed by atoms with Gasteiger partial charge in [-0.05, 0) is 24.3 Å². The van der Waals surface area contributed by atoms with E-state index in [2.05, 4.69) is 23.6 Å². The molecule has 84 valence electrons. The topological polar surface area (TPSA) is 12.5 Å². The van der Waals surface area contributed by atoms with Gasteiger partial charge in [-0.3, -0.25) is 0 Å². The molecule has 0 N–H and O–H groups in total. The van der Waals surface area contributed by atoms with Crippen molar-refractivity contribution < 1.29 is 4.74 Å². The molecule has 17 heavy (non-hydrogen) atoms. The first-order valence-electron chi connectivity index (χ1n) is 5.64. The number of rotatable bonds is 2. The first-order valence-corrected chi connectivity index (χ1v) is 5.64. The van der Waals surface area contributed by atoms with Gasteiger partial charge in [0.05, 0.1) is 11.4 Å². The van der Waals surface area contributed by atoms with Crippen LogP contribution >= 0.6 is 0 Å². The second-order valence-corrected chi connectivity index (χ2v) is 3.94. The van der Waals surface area contributed by atoms with Crippen LogP contribution < -0.4 is 9.64 Å². The van der Waals surface area contributed by atoms with Gasteiger partial charge in [0.2, 0.25) is 0 Å². The van der Waals surface area contributed by atoms with Crippen LogP contribution in [0.4, 0.5) is 11.4 Å². The summed E-state index contributed by atoms with van der Waals surface area (Å²) in [6.07, 6.45) is 1.90. The van der Waals surface area contributed by atoms with Crippen molar-refractivity contribution in [1.29, 1.82) is 0 Å². The Balaban J connectivity index is 2.16. The van der Waals surface area contributed by atoms with E-state index in [1.807, 2.05) is 42.5 Å². The van der Waals surface area contributed by atoms with Crippen molar-refractivity contribution in [2.45, 2.75) is 0 Å². The van der Waals surface area contributed by atoms with E-state index in [1.165, 1.54) is 0 Å². The monoisotopic (exact) mass is 223 g/mol. The predicted octanol–water partition coefficient (Wildman–Crippen LogP) is 4.12. The highest BCUT2D eigenvalue weighted by Gasteiger charge is 2.22. The first-order chi connectivity index (χ1) is 8.40. The van der Waals surface area contributed by atoms with E-state index < -0.39 is 0 Å². The molecule has 0 aliphatic carbocycles. The van der Waals surface area contributed by atoms with E-state index in [9.17, 15) is 0 Å². The average Bonchev–Trinajstić information content (AvgIpc) is 2.39. The maximum atomic E-state index is 5.88. The fourth-order valence-electron chi connectivity index (χ4n) is 2.11. The van der Waals surface area contributed by atoms with Crippen molar-refractivity contribution in [3.05, 3.63) is 61.2 Å². The van der Waals surface area contributed by atoms with Gasteiger partial charge < -0.3 is 9.64 Å². The van der Waals surface area contributed by atoms with Gasteiger partial charge in [0.25, 0.3) is 0 Å². The number of para-hydroxylation sites is 4. The summed E-state index contributed by atoms with van der Waals surface area (Å²) in [7, 11) is 0. The molecular formula is C15H13NO. The van der Waals surface area contributed by atoms with E-state index in [0.717, 1.165) is 29.4 Å². The molecule has 1 aliphatic rings. The quantitative estimate of drug-likeness (QED) is 0.710. The Hall–Kier alpha value is -2.22. The zero-order valence-electron chi connectivity index (χ0n) is 9.47. The highest BCUT2D eigenvalue weighted by Crippen LogP contribution is 2.45. The summed E-state index contributed by atoms with van der Waals surface area (Å²) in [6, 6.07) is 16.1. The predicted molar refractivity (Wildman–Crippen MR) is 70.2 cm³/mol. The van der Waals surface area contributed by atoms with Crippen LogP contribution in [0.2, 0.25) is 0 Å². The zero-order valence-corrected chi connectivity index (χ0v) is 9.47. The summed E-state index contributed by atoms with van der Waals surface area (Å²) >= 11 is 0. The van der Waals surface area contributed by atoms with Gasteiger partial charge >= 0.3 is 0 Å². The van der Waals surface area contributed by atoms with Crippen LogP contribution in [-0.4, -0.2) is 6.54 Å². The fourth-order valence-corrected chi connectivity index (χ4v) is 2.11. The molecule has 2 heteroatoms. The smallest absolute Gasteiger partial charge is 0.151 e. The Kier molecular flexibility index (Phi) is 2.33. The molecular weight excluding hydrogens is 210 g/mol. The van der Waals surface area contributed by atoms with Crippen LogP contribution in [0.25, 0.3) is 0 Å². The van der Waals surface area contributed by atoms with Crippen LogP contribution in [0, 0.1) is 0 Å². The van der Waals surface area contributed by atoms with Gasteiger partial charge in [-0.2, -0.15) is 0 Å². The van der Waals surface area contributed by atoms with Gasteiger partial charge in [-0.15, -0.1) is 6.58 Å².